The molecule has 1 aliphatic heterocycles. The highest BCUT2D eigenvalue weighted by Gasteiger charge is 2.22. The summed E-state index contributed by atoms with van der Waals surface area (Å²) in [4.78, 5) is 16.2. The number of hydrogen-bond acceptors (Lipinski definition) is 4. The maximum Gasteiger partial charge on any atom is 0.254 e. The summed E-state index contributed by atoms with van der Waals surface area (Å²) >= 11 is 0. The van der Waals surface area contributed by atoms with E-state index in [1.54, 1.807) is 23.1 Å². The highest BCUT2D eigenvalue weighted by molar-refractivity contribution is 5.94. The fourth-order valence-corrected chi connectivity index (χ4v) is 2.96. The highest BCUT2D eigenvalue weighted by atomic mass is 19.2. The van der Waals surface area contributed by atoms with Crippen molar-refractivity contribution in [3.05, 3.63) is 65.2 Å². The molecule has 140 valence electrons. The molecule has 0 radical (unpaired) electrons. The predicted molar refractivity (Wildman–Crippen MR) is 95.4 cm³/mol. The van der Waals surface area contributed by atoms with Crippen LogP contribution in [0, 0.1) is 23.0 Å². The van der Waals surface area contributed by atoms with E-state index >= 15 is 0 Å². The second kappa shape index (κ2) is 8.60. The van der Waals surface area contributed by atoms with Crippen molar-refractivity contribution in [2.24, 2.45) is 0 Å². The Kier molecular flexibility index (Phi) is 5.99. The van der Waals surface area contributed by atoms with E-state index < -0.39 is 11.6 Å². The number of carbonyl (C=O) groups is 1. The van der Waals surface area contributed by atoms with E-state index in [9.17, 15) is 13.6 Å². The number of hydrogen-bond donors (Lipinski definition) is 0. The Morgan fingerprint density at radius 3 is 2.52 bits per heavy atom. The summed E-state index contributed by atoms with van der Waals surface area (Å²) in [6.07, 6.45) is 0. The molecule has 0 spiro atoms. The van der Waals surface area contributed by atoms with Gasteiger partial charge in [0.1, 0.15) is 18.4 Å². The monoisotopic (exact) mass is 371 g/mol. The molecule has 0 aliphatic carbocycles. The SMILES string of the molecule is N#Cc1ccccc1OCCN1CCN(C(=O)c2ccc(F)c(F)c2)CC1. The maximum absolute atomic E-state index is 13.3. The second-order valence-corrected chi connectivity index (χ2v) is 6.22. The number of nitriles is 1. The number of amides is 1. The smallest absolute Gasteiger partial charge is 0.254 e. The minimum Gasteiger partial charge on any atom is -0.491 e. The zero-order chi connectivity index (χ0) is 19.2. The molecule has 5 nitrogen and oxygen atoms in total. The zero-order valence-corrected chi connectivity index (χ0v) is 14.7. The lowest BCUT2D eigenvalue weighted by atomic mass is 10.1. The average Bonchev–Trinajstić information content (AvgIpc) is 2.70. The predicted octanol–water partition coefficient (Wildman–Crippen LogP) is 2.67. The summed E-state index contributed by atoms with van der Waals surface area (Å²) in [6.45, 7) is 3.46. The van der Waals surface area contributed by atoms with Crippen LogP contribution < -0.4 is 4.74 Å². The molecule has 27 heavy (non-hydrogen) atoms. The molecule has 1 saturated heterocycles. The van der Waals surface area contributed by atoms with E-state index in [0.717, 1.165) is 12.1 Å². The Morgan fingerprint density at radius 2 is 1.81 bits per heavy atom. The third-order valence-corrected chi connectivity index (χ3v) is 4.50. The maximum atomic E-state index is 13.3. The fourth-order valence-electron chi connectivity index (χ4n) is 2.96. The van der Waals surface area contributed by atoms with Crippen molar-refractivity contribution in [2.75, 3.05) is 39.3 Å². The van der Waals surface area contributed by atoms with Crippen LogP contribution in [0.15, 0.2) is 42.5 Å². The molecule has 0 atom stereocenters. The van der Waals surface area contributed by atoms with Gasteiger partial charge in [-0.15, -0.1) is 0 Å². The van der Waals surface area contributed by atoms with Crippen LogP contribution in [0.25, 0.3) is 0 Å². The van der Waals surface area contributed by atoms with Crippen molar-refractivity contribution < 1.29 is 18.3 Å². The van der Waals surface area contributed by atoms with Gasteiger partial charge in [-0.1, -0.05) is 12.1 Å². The molecule has 2 aromatic carbocycles. The van der Waals surface area contributed by atoms with E-state index in [2.05, 4.69) is 11.0 Å². The summed E-state index contributed by atoms with van der Waals surface area (Å²) in [5.41, 5.74) is 0.651. The summed E-state index contributed by atoms with van der Waals surface area (Å²) < 4.78 is 32.0. The molecule has 2 aromatic rings. The van der Waals surface area contributed by atoms with Crippen LogP contribution in [-0.2, 0) is 0 Å². The largest absolute Gasteiger partial charge is 0.491 e. The van der Waals surface area contributed by atoms with Gasteiger partial charge in [0, 0.05) is 38.3 Å². The van der Waals surface area contributed by atoms with E-state index in [0.29, 0.717) is 50.6 Å². The molecule has 1 heterocycles. The second-order valence-electron chi connectivity index (χ2n) is 6.22. The summed E-state index contributed by atoms with van der Waals surface area (Å²) in [5.74, 6) is -1.72. The van der Waals surface area contributed by atoms with E-state index in [1.165, 1.54) is 6.07 Å². The van der Waals surface area contributed by atoms with Gasteiger partial charge in [-0.05, 0) is 30.3 Å². The van der Waals surface area contributed by atoms with Crippen LogP contribution >= 0.6 is 0 Å². The Balaban J connectivity index is 1.47. The third kappa shape index (κ3) is 4.60. The topological polar surface area (TPSA) is 56.6 Å². The van der Waals surface area contributed by atoms with Gasteiger partial charge in [0.05, 0.1) is 5.56 Å². The van der Waals surface area contributed by atoms with Crippen molar-refractivity contribution in [3.63, 3.8) is 0 Å². The van der Waals surface area contributed by atoms with Crippen LogP contribution in [-0.4, -0.2) is 55.0 Å². The normalized spacial score (nSPS) is 14.6. The van der Waals surface area contributed by atoms with Crippen molar-refractivity contribution in [3.8, 4) is 11.8 Å². The third-order valence-electron chi connectivity index (χ3n) is 4.50. The average molecular weight is 371 g/mol. The van der Waals surface area contributed by atoms with E-state index in [4.69, 9.17) is 10.00 Å². The van der Waals surface area contributed by atoms with Crippen molar-refractivity contribution in [1.29, 1.82) is 5.26 Å². The van der Waals surface area contributed by atoms with E-state index in [1.807, 2.05) is 6.07 Å². The summed E-state index contributed by atoms with van der Waals surface area (Å²) in [5, 5.41) is 9.05. The highest BCUT2D eigenvalue weighted by Crippen LogP contribution is 2.17. The van der Waals surface area contributed by atoms with Crippen LogP contribution in [0.3, 0.4) is 0 Å². The van der Waals surface area contributed by atoms with Gasteiger partial charge in [0.15, 0.2) is 11.6 Å². The Bertz CT molecular complexity index is 859. The number of para-hydroxylation sites is 1. The Hall–Kier alpha value is -2.98. The number of rotatable bonds is 5. The number of carbonyl (C=O) groups excluding carboxylic acids is 1. The molecule has 0 unspecified atom stereocenters. The lowest BCUT2D eigenvalue weighted by Crippen LogP contribution is -2.49. The van der Waals surface area contributed by atoms with Gasteiger partial charge in [-0.25, -0.2) is 8.78 Å². The molecule has 1 fully saturated rings. The summed E-state index contributed by atoms with van der Waals surface area (Å²) in [7, 11) is 0. The van der Waals surface area contributed by atoms with Gasteiger partial charge >= 0.3 is 0 Å². The van der Waals surface area contributed by atoms with Crippen LogP contribution in [0.2, 0.25) is 0 Å². The number of piperazine rings is 1. The number of benzene rings is 2. The number of nitrogens with zero attached hydrogens (tertiary/aromatic N) is 3. The molecule has 7 heteroatoms. The van der Waals surface area contributed by atoms with Gasteiger partial charge in [-0.3, -0.25) is 9.69 Å². The van der Waals surface area contributed by atoms with Crippen LogP contribution in [0.1, 0.15) is 15.9 Å². The Labute approximate surface area is 156 Å². The lowest BCUT2D eigenvalue weighted by molar-refractivity contribution is 0.0619. The van der Waals surface area contributed by atoms with E-state index in [-0.39, 0.29) is 11.5 Å². The molecule has 0 N–H and O–H groups in total. The molecule has 1 aliphatic rings. The number of ether oxygens (including phenoxy) is 1. The molecular formula is C20H19F2N3O2. The van der Waals surface area contributed by atoms with Crippen molar-refractivity contribution in [1.82, 2.24) is 9.80 Å². The molecule has 0 bridgehead atoms. The lowest BCUT2D eigenvalue weighted by Gasteiger charge is -2.34. The van der Waals surface area contributed by atoms with Gasteiger partial charge in [0.25, 0.3) is 5.91 Å². The zero-order valence-electron chi connectivity index (χ0n) is 14.7. The number of halogens is 2. The van der Waals surface area contributed by atoms with Crippen molar-refractivity contribution >= 4 is 5.91 Å². The van der Waals surface area contributed by atoms with Crippen LogP contribution in [0.4, 0.5) is 8.78 Å². The molecule has 0 aromatic heterocycles. The first-order valence-electron chi connectivity index (χ1n) is 8.67. The molecule has 0 saturated carbocycles. The van der Waals surface area contributed by atoms with Gasteiger partial charge in [-0.2, -0.15) is 5.26 Å². The minimum absolute atomic E-state index is 0.152. The van der Waals surface area contributed by atoms with Gasteiger partial charge in [0.2, 0.25) is 0 Å². The van der Waals surface area contributed by atoms with Crippen molar-refractivity contribution in [2.45, 2.75) is 0 Å². The first kappa shape index (κ1) is 18.8. The van der Waals surface area contributed by atoms with Gasteiger partial charge < -0.3 is 9.64 Å². The first-order chi connectivity index (χ1) is 13.1. The fraction of sp³-hybridized carbons (Fsp3) is 0.300. The quantitative estimate of drug-likeness (QED) is 0.811. The summed E-state index contributed by atoms with van der Waals surface area (Å²) in [6, 6.07) is 12.4. The minimum atomic E-state index is -1.02. The first-order valence-corrected chi connectivity index (χ1v) is 8.67. The standard InChI is InChI=1S/C20H19F2N3O2/c21-17-6-5-15(13-18(17)22)20(26)25-9-7-24(8-10-25)11-12-27-19-4-2-1-3-16(19)14-23/h1-6,13H,7-12H2. The molecular weight excluding hydrogens is 352 g/mol. The van der Waals surface area contributed by atoms with Crippen LogP contribution in [0.5, 0.6) is 5.75 Å². The molecule has 3 rings (SSSR count). The Morgan fingerprint density at radius 1 is 1.07 bits per heavy atom. The molecule has 1 amide bonds.